The van der Waals surface area contributed by atoms with E-state index >= 15 is 0 Å². The van der Waals surface area contributed by atoms with Crippen molar-refractivity contribution in [3.8, 4) is 0 Å². The van der Waals surface area contributed by atoms with Crippen molar-refractivity contribution >= 4 is 11.8 Å². The van der Waals surface area contributed by atoms with Crippen LogP contribution in [0.15, 0.2) is 24.3 Å². The number of rotatable bonds is 4. The zero-order valence-electron chi connectivity index (χ0n) is 14.1. The largest absolute Gasteiger partial charge is 0.285 e. The third-order valence-corrected chi connectivity index (χ3v) is 4.62. The molecule has 0 aliphatic carbocycles. The summed E-state index contributed by atoms with van der Waals surface area (Å²) in [6.07, 6.45) is 6.88. The summed E-state index contributed by atoms with van der Waals surface area (Å²) in [4.78, 5) is 24.8. The number of piperidine rings is 2. The van der Waals surface area contributed by atoms with Crippen molar-refractivity contribution in [3.05, 3.63) is 35.4 Å². The maximum Gasteiger partial charge on any atom is 0.265 e. The Kier molecular flexibility index (Phi) is 5.82. The van der Waals surface area contributed by atoms with Crippen LogP contribution in [0.2, 0.25) is 0 Å². The van der Waals surface area contributed by atoms with E-state index in [-0.39, 0.29) is 11.8 Å². The molecule has 2 N–H and O–H groups in total. The van der Waals surface area contributed by atoms with E-state index in [0.717, 1.165) is 51.9 Å². The van der Waals surface area contributed by atoms with Crippen LogP contribution in [0.3, 0.4) is 0 Å². The van der Waals surface area contributed by atoms with Crippen molar-refractivity contribution in [1.82, 2.24) is 20.9 Å². The van der Waals surface area contributed by atoms with Gasteiger partial charge in [-0.15, -0.1) is 0 Å². The maximum absolute atomic E-state index is 12.4. The fraction of sp³-hybridized carbons (Fsp3) is 0.556. The average Bonchev–Trinajstić information content (AvgIpc) is 2.63. The second-order valence-electron chi connectivity index (χ2n) is 6.56. The van der Waals surface area contributed by atoms with E-state index in [9.17, 15) is 9.59 Å². The molecule has 3 rings (SSSR count). The predicted molar refractivity (Wildman–Crippen MR) is 92.2 cm³/mol. The van der Waals surface area contributed by atoms with Crippen LogP contribution in [0.4, 0.5) is 0 Å². The molecule has 0 aromatic heterocycles. The van der Waals surface area contributed by atoms with Crippen LogP contribution in [-0.4, -0.2) is 48.0 Å². The van der Waals surface area contributed by atoms with Crippen LogP contribution in [0, 0.1) is 0 Å². The Morgan fingerprint density at radius 3 is 1.54 bits per heavy atom. The first-order valence-corrected chi connectivity index (χ1v) is 8.94. The molecule has 2 fully saturated rings. The van der Waals surface area contributed by atoms with Crippen LogP contribution in [0.1, 0.15) is 59.2 Å². The average molecular weight is 330 g/mol. The monoisotopic (exact) mass is 330 g/mol. The van der Waals surface area contributed by atoms with Crippen molar-refractivity contribution in [2.45, 2.75) is 38.5 Å². The molecule has 2 amide bonds. The normalized spacial score (nSPS) is 19.7. The molecule has 1 aromatic carbocycles. The summed E-state index contributed by atoms with van der Waals surface area (Å²) in [7, 11) is 0. The first-order valence-electron chi connectivity index (χ1n) is 8.94. The lowest BCUT2D eigenvalue weighted by molar-refractivity contribution is 0.0749. The quantitative estimate of drug-likeness (QED) is 0.886. The first-order chi connectivity index (χ1) is 11.7. The number of nitrogens with zero attached hydrogens (tertiary/aromatic N) is 2. The molecule has 0 spiro atoms. The summed E-state index contributed by atoms with van der Waals surface area (Å²) in [5.41, 5.74) is 6.91. The van der Waals surface area contributed by atoms with Crippen molar-refractivity contribution in [1.29, 1.82) is 0 Å². The van der Waals surface area contributed by atoms with Crippen molar-refractivity contribution in [2.24, 2.45) is 0 Å². The topological polar surface area (TPSA) is 64.7 Å². The van der Waals surface area contributed by atoms with Gasteiger partial charge in [-0.25, -0.2) is 10.0 Å². The second-order valence-corrected chi connectivity index (χ2v) is 6.56. The first kappa shape index (κ1) is 16.9. The lowest BCUT2D eigenvalue weighted by atomic mass is 10.1. The van der Waals surface area contributed by atoms with Gasteiger partial charge in [-0.05, 0) is 43.9 Å². The summed E-state index contributed by atoms with van der Waals surface area (Å²) < 4.78 is 0. The number of amides is 2. The van der Waals surface area contributed by atoms with Crippen LogP contribution in [-0.2, 0) is 0 Å². The van der Waals surface area contributed by atoms with Gasteiger partial charge in [0.15, 0.2) is 0 Å². The van der Waals surface area contributed by atoms with Gasteiger partial charge in [0, 0.05) is 37.3 Å². The molecule has 0 bridgehead atoms. The molecule has 0 unspecified atom stereocenters. The van der Waals surface area contributed by atoms with Crippen LogP contribution >= 0.6 is 0 Å². The summed E-state index contributed by atoms with van der Waals surface area (Å²) in [5, 5.41) is 3.93. The van der Waals surface area contributed by atoms with Gasteiger partial charge in [-0.2, -0.15) is 0 Å². The molecule has 2 saturated heterocycles. The number of hydrogen-bond donors (Lipinski definition) is 2. The Bertz CT molecular complexity index is 531. The Labute approximate surface area is 143 Å². The minimum atomic E-state index is -0.149. The van der Waals surface area contributed by atoms with E-state index in [1.165, 1.54) is 12.8 Å². The summed E-state index contributed by atoms with van der Waals surface area (Å²) >= 11 is 0. The molecule has 2 aliphatic rings. The molecule has 6 nitrogen and oxygen atoms in total. The Morgan fingerprint density at radius 2 is 1.12 bits per heavy atom. The predicted octanol–water partition coefficient (Wildman–Crippen LogP) is 1.95. The summed E-state index contributed by atoms with van der Waals surface area (Å²) in [5.74, 6) is -0.297. The van der Waals surface area contributed by atoms with E-state index in [1.807, 2.05) is 10.0 Å². The Morgan fingerprint density at radius 1 is 0.708 bits per heavy atom. The highest BCUT2D eigenvalue weighted by molar-refractivity contribution is 5.99. The lowest BCUT2D eigenvalue weighted by Crippen LogP contribution is -2.45. The summed E-state index contributed by atoms with van der Waals surface area (Å²) in [6, 6.07) is 6.92. The van der Waals surface area contributed by atoms with Gasteiger partial charge in [0.25, 0.3) is 11.8 Å². The smallest absolute Gasteiger partial charge is 0.265 e. The van der Waals surface area contributed by atoms with Crippen LogP contribution < -0.4 is 10.9 Å². The van der Waals surface area contributed by atoms with Gasteiger partial charge in [-0.1, -0.05) is 18.9 Å². The molecule has 0 saturated carbocycles. The molecule has 2 heterocycles. The number of carbonyl (C=O) groups excluding carboxylic acids is 2. The second kappa shape index (κ2) is 8.26. The maximum atomic E-state index is 12.4. The standard InChI is InChI=1S/C18H26N4O2/c23-17(19-21-10-3-1-4-11-21)15-8-7-9-16(14-15)18(24)20-22-12-5-2-6-13-22/h7-9,14H,1-6,10-13H2,(H,19,23)(H,20,24). The molecular weight excluding hydrogens is 304 g/mol. The molecule has 6 heteroatoms. The van der Waals surface area contributed by atoms with E-state index in [0.29, 0.717) is 11.1 Å². The SMILES string of the molecule is O=C(NN1CCCCC1)c1cccc(C(=O)NN2CCCCC2)c1. The molecule has 24 heavy (non-hydrogen) atoms. The molecule has 2 aliphatic heterocycles. The van der Waals surface area contributed by atoms with E-state index in [2.05, 4.69) is 10.9 Å². The highest BCUT2D eigenvalue weighted by Crippen LogP contribution is 2.10. The van der Waals surface area contributed by atoms with Crippen molar-refractivity contribution in [3.63, 3.8) is 0 Å². The minimum absolute atomic E-state index is 0.149. The van der Waals surface area contributed by atoms with Gasteiger partial charge >= 0.3 is 0 Å². The molecule has 0 atom stereocenters. The number of carbonyl (C=O) groups is 2. The third-order valence-electron chi connectivity index (χ3n) is 4.62. The fourth-order valence-electron chi connectivity index (χ4n) is 3.23. The van der Waals surface area contributed by atoms with Gasteiger partial charge in [-0.3, -0.25) is 20.4 Å². The third kappa shape index (κ3) is 4.55. The highest BCUT2D eigenvalue weighted by Gasteiger charge is 2.17. The van der Waals surface area contributed by atoms with Crippen molar-refractivity contribution < 1.29 is 9.59 Å². The van der Waals surface area contributed by atoms with Crippen molar-refractivity contribution in [2.75, 3.05) is 26.2 Å². The number of benzene rings is 1. The van der Waals surface area contributed by atoms with Crippen LogP contribution in [0.5, 0.6) is 0 Å². The number of hydrazine groups is 2. The Balaban J connectivity index is 1.60. The molecule has 0 radical (unpaired) electrons. The van der Waals surface area contributed by atoms with E-state index < -0.39 is 0 Å². The van der Waals surface area contributed by atoms with E-state index in [1.54, 1.807) is 24.3 Å². The zero-order valence-corrected chi connectivity index (χ0v) is 14.1. The number of hydrogen-bond acceptors (Lipinski definition) is 4. The molecule has 1 aromatic rings. The van der Waals surface area contributed by atoms with Crippen LogP contribution in [0.25, 0.3) is 0 Å². The number of nitrogens with one attached hydrogen (secondary N) is 2. The van der Waals surface area contributed by atoms with Gasteiger partial charge in [0.05, 0.1) is 0 Å². The molecule has 130 valence electrons. The fourth-order valence-corrected chi connectivity index (χ4v) is 3.23. The van der Waals surface area contributed by atoms with Gasteiger partial charge in [0.2, 0.25) is 0 Å². The zero-order chi connectivity index (χ0) is 16.8. The minimum Gasteiger partial charge on any atom is -0.285 e. The van der Waals surface area contributed by atoms with Gasteiger partial charge < -0.3 is 0 Å². The molecular formula is C18H26N4O2. The highest BCUT2D eigenvalue weighted by atomic mass is 16.2. The lowest BCUT2D eigenvalue weighted by Gasteiger charge is -2.27. The Hall–Kier alpha value is -1.92. The summed E-state index contributed by atoms with van der Waals surface area (Å²) in [6.45, 7) is 3.56. The van der Waals surface area contributed by atoms with E-state index in [4.69, 9.17) is 0 Å². The van der Waals surface area contributed by atoms with Gasteiger partial charge in [0.1, 0.15) is 0 Å².